The Morgan fingerprint density at radius 2 is 1.02 bits per heavy atom. The lowest BCUT2D eigenvalue weighted by Gasteiger charge is -2.34. The summed E-state index contributed by atoms with van der Waals surface area (Å²) in [6.07, 6.45) is 0. The minimum Gasteiger partial charge on any atom is -0.455 e. The van der Waals surface area contributed by atoms with E-state index in [-0.39, 0.29) is 0 Å². The summed E-state index contributed by atoms with van der Waals surface area (Å²) in [5.41, 5.74) is 13.5. The number of hydrogen-bond acceptors (Lipinski definition) is 2. The van der Waals surface area contributed by atoms with E-state index in [9.17, 15) is 0 Å². The van der Waals surface area contributed by atoms with Crippen LogP contribution in [0.3, 0.4) is 0 Å². The van der Waals surface area contributed by atoms with Gasteiger partial charge < -0.3 is 9.73 Å². The number of fused-ring (bicyclic) bond motifs is 6. The molecule has 0 saturated heterocycles. The van der Waals surface area contributed by atoms with Gasteiger partial charge in [-0.3, -0.25) is 0 Å². The van der Waals surface area contributed by atoms with Gasteiger partial charge in [-0.2, -0.15) is 0 Å². The van der Waals surface area contributed by atoms with E-state index in [0.717, 1.165) is 44.4 Å². The van der Waals surface area contributed by atoms with Gasteiger partial charge in [0, 0.05) is 27.7 Å². The lowest BCUT2D eigenvalue weighted by atomic mass is 9.67. The molecule has 0 atom stereocenters. The Hall–Kier alpha value is -5.86. The third kappa shape index (κ3) is 3.89. The summed E-state index contributed by atoms with van der Waals surface area (Å²) in [6, 6.07) is 60.8. The molecular formula is C43H29NO. The summed E-state index contributed by atoms with van der Waals surface area (Å²) >= 11 is 0. The van der Waals surface area contributed by atoms with E-state index < -0.39 is 5.41 Å². The van der Waals surface area contributed by atoms with Crippen LogP contribution in [0.1, 0.15) is 22.3 Å². The predicted octanol–water partition coefficient (Wildman–Crippen LogP) is 11.4. The molecule has 212 valence electrons. The van der Waals surface area contributed by atoms with Crippen LogP contribution >= 0.6 is 0 Å². The lowest BCUT2D eigenvalue weighted by Crippen LogP contribution is -2.28. The van der Waals surface area contributed by atoms with Crippen LogP contribution in [0.25, 0.3) is 44.2 Å². The number of hydrogen-bond donors (Lipinski definition) is 1. The highest BCUT2D eigenvalue weighted by atomic mass is 16.3. The van der Waals surface area contributed by atoms with Gasteiger partial charge in [0.15, 0.2) is 0 Å². The summed E-state index contributed by atoms with van der Waals surface area (Å²) in [6.45, 7) is 0. The van der Waals surface area contributed by atoms with E-state index >= 15 is 0 Å². The zero-order valence-electron chi connectivity index (χ0n) is 24.6. The molecule has 0 amide bonds. The smallest absolute Gasteiger partial charge is 0.143 e. The maximum Gasteiger partial charge on any atom is 0.143 e. The van der Waals surface area contributed by atoms with Crippen molar-refractivity contribution in [2.75, 3.05) is 5.32 Å². The molecule has 0 saturated carbocycles. The monoisotopic (exact) mass is 575 g/mol. The van der Waals surface area contributed by atoms with Gasteiger partial charge in [-0.05, 0) is 69.3 Å². The molecule has 0 radical (unpaired) electrons. The SMILES string of the molecule is c1ccc(C2(c3ccccc3)c3ccccc3-c3ccc(Nc4ccc(-c5cccc6c5oc5ccccc56)cc4)cc32)cc1. The number of rotatable bonds is 5. The molecule has 1 heterocycles. The van der Waals surface area contributed by atoms with Gasteiger partial charge in [0.1, 0.15) is 11.2 Å². The van der Waals surface area contributed by atoms with Gasteiger partial charge in [-0.15, -0.1) is 0 Å². The molecular weight excluding hydrogens is 546 g/mol. The van der Waals surface area contributed by atoms with Crippen molar-refractivity contribution in [3.05, 3.63) is 192 Å². The molecule has 0 unspecified atom stereocenters. The maximum absolute atomic E-state index is 6.31. The molecule has 1 aromatic heterocycles. The normalized spacial score (nSPS) is 13.1. The van der Waals surface area contributed by atoms with Crippen LogP contribution in [0, 0.1) is 0 Å². The zero-order chi connectivity index (χ0) is 29.8. The van der Waals surface area contributed by atoms with Crippen molar-refractivity contribution in [2.24, 2.45) is 0 Å². The second-order valence-electron chi connectivity index (χ2n) is 11.8. The molecule has 0 bridgehead atoms. The molecule has 0 spiro atoms. The standard InChI is InChI=1S/C43H29NO/c1-3-12-30(13-4-1)43(31-14-5-2-6-15-31)39-20-9-7-16-35(39)36-27-26-33(28-40(36)43)44-32-24-22-29(23-25-32)34-18-11-19-38-37-17-8-10-21-41(37)45-42(34)38/h1-28,44H. The molecule has 45 heavy (non-hydrogen) atoms. The Kier molecular flexibility index (Phi) is 5.76. The number of nitrogens with one attached hydrogen (secondary N) is 1. The quantitative estimate of drug-likeness (QED) is 0.221. The number of para-hydroxylation sites is 2. The Bertz CT molecular complexity index is 2290. The molecule has 1 aliphatic carbocycles. The van der Waals surface area contributed by atoms with Crippen LogP contribution in [0.4, 0.5) is 11.4 Å². The van der Waals surface area contributed by atoms with Gasteiger partial charge in [0.05, 0.1) is 5.41 Å². The molecule has 8 aromatic rings. The highest BCUT2D eigenvalue weighted by molar-refractivity contribution is 6.09. The van der Waals surface area contributed by atoms with Crippen molar-refractivity contribution in [1.82, 2.24) is 0 Å². The molecule has 0 fully saturated rings. The van der Waals surface area contributed by atoms with Crippen LogP contribution < -0.4 is 5.32 Å². The zero-order valence-corrected chi connectivity index (χ0v) is 24.6. The van der Waals surface area contributed by atoms with E-state index in [2.05, 4.69) is 163 Å². The van der Waals surface area contributed by atoms with E-state index in [4.69, 9.17) is 4.42 Å². The number of anilines is 2. The molecule has 2 heteroatoms. The average Bonchev–Trinajstić information content (AvgIpc) is 3.63. The minimum absolute atomic E-state index is 0.415. The summed E-state index contributed by atoms with van der Waals surface area (Å²) in [4.78, 5) is 0. The van der Waals surface area contributed by atoms with E-state index in [1.165, 1.54) is 33.4 Å². The minimum atomic E-state index is -0.415. The Morgan fingerprint density at radius 3 is 1.80 bits per heavy atom. The van der Waals surface area contributed by atoms with Crippen molar-refractivity contribution in [1.29, 1.82) is 0 Å². The van der Waals surface area contributed by atoms with Crippen LogP contribution in [-0.2, 0) is 5.41 Å². The summed E-state index contributed by atoms with van der Waals surface area (Å²) in [5, 5.41) is 6.01. The van der Waals surface area contributed by atoms with Crippen LogP contribution in [-0.4, -0.2) is 0 Å². The highest BCUT2D eigenvalue weighted by Gasteiger charge is 2.46. The second-order valence-corrected chi connectivity index (χ2v) is 11.8. The third-order valence-electron chi connectivity index (χ3n) is 9.35. The maximum atomic E-state index is 6.31. The summed E-state index contributed by atoms with van der Waals surface area (Å²) in [5.74, 6) is 0. The van der Waals surface area contributed by atoms with Crippen molar-refractivity contribution >= 4 is 33.3 Å². The summed E-state index contributed by atoms with van der Waals surface area (Å²) < 4.78 is 6.31. The highest BCUT2D eigenvalue weighted by Crippen LogP contribution is 2.56. The first kappa shape index (κ1) is 25.6. The van der Waals surface area contributed by atoms with Gasteiger partial charge in [0.25, 0.3) is 0 Å². The first-order chi connectivity index (χ1) is 22.3. The van der Waals surface area contributed by atoms with Gasteiger partial charge in [-0.1, -0.05) is 140 Å². The van der Waals surface area contributed by atoms with Crippen molar-refractivity contribution < 1.29 is 4.42 Å². The van der Waals surface area contributed by atoms with E-state index in [0.29, 0.717) is 0 Å². The number of benzene rings is 7. The fourth-order valence-electron chi connectivity index (χ4n) is 7.40. The van der Waals surface area contributed by atoms with Crippen LogP contribution in [0.2, 0.25) is 0 Å². The topological polar surface area (TPSA) is 25.2 Å². The Morgan fingerprint density at radius 1 is 0.422 bits per heavy atom. The van der Waals surface area contributed by atoms with Crippen molar-refractivity contribution in [3.8, 4) is 22.3 Å². The number of furan rings is 1. The molecule has 1 N–H and O–H groups in total. The lowest BCUT2D eigenvalue weighted by molar-refractivity contribution is 0.670. The van der Waals surface area contributed by atoms with Crippen LogP contribution in [0.5, 0.6) is 0 Å². The van der Waals surface area contributed by atoms with E-state index in [1.54, 1.807) is 0 Å². The van der Waals surface area contributed by atoms with Gasteiger partial charge in [-0.25, -0.2) is 0 Å². The van der Waals surface area contributed by atoms with Gasteiger partial charge in [0.2, 0.25) is 0 Å². The molecule has 7 aromatic carbocycles. The Balaban J connectivity index is 1.13. The second kappa shape index (κ2) is 10.1. The average molecular weight is 576 g/mol. The summed E-state index contributed by atoms with van der Waals surface area (Å²) in [7, 11) is 0. The largest absolute Gasteiger partial charge is 0.455 e. The first-order valence-electron chi connectivity index (χ1n) is 15.4. The van der Waals surface area contributed by atoms with Crippen molar-refractivity contribution in [3.63, 3.8) is 0 Å². The molecule has 0 aliphatic heterocycles. The molecule has 2 nitrogen and oxygen atoms in total. The molecule has 1 aliphatic rings. The van der Waals surface area contributed by atoms with Crippen molar-refractivity contribution in [2.45, 2.75) is 5.41 Å². The first-order valence-corrected chi connectivity index (χ1v) is 15.4. The van der Waals surface area contributed by atoms with Crippen LogP contribution in [0.15, 0.2) is 174 Å². The third-order valence-corrected chi connectivity index (χ3v) is 9.35. The Labute approximate surface area is 262 Å². The van der Waals surface area contributed by atoms with E-state index in [1.807, 2.05) is 12.1 Å². The predicted molar refractivity (Wildman–Crippen MR) is 186 cm³/mol. The van der Waals surface area contributed by atoms with Gasteiger partial charge >= 0.3 is 0 Å². The fourth-order valence-corrected chi connectivity index (χ4v) is 7.40. The molecule has 9 rings (SSSR count). The fraction of sp³-hybridized carbons (Fsp3) is 0.0233.